The first kappa shape index (κ1) is 14.9. The van der Waals surface area contributed by atoms with Crippen LogP contribution >= 0.6 is 12.4 Å². The maximum Gasteiger partial charge on any atom is 0.323 e. The first-order valence-electron chi connectivity index (χ1n) is 6.40. The molecule has 0 saturated heterocycles. The Morgan fingerprint density at radius 3 is 2.43 bits per heavy atom. The number of benzene rings is 2. The number of anilines is 2. The fourth-order valence-corrected chi connectivity index (χ4v) is 2.17. The third-order valence-electron chi connectivity index (χ3n) is 3.17. The predicted octanol–water partition coefficient (Wildman–Crippen LogP) is 4.24. The number of carbonyl (C=O) groups excluding carboxylic acids is 1. The van der Waals surface area contributed by atoms with Crippen molar-refractivity contribution >= 4 is 40.7 Å². The molecule has 1 heterocycles. The summed E-state index contributed by atoms with van der Waals surface area (Å²) in [7, 11) is 2.00. The van der Waals surface area contributed by atoms with Crippen molar-refractivity contribution in [1.29, 1.82) is 0 Å². The van der Waals surface area contributed by atoms with Gasteiger partial charge in [0, 0.05) is 35.5 Å². The number of para-hydroxylation sites is 1. The first-order valence-corrected chi connectivity index (χ1v) is 6.40. The molecule has 0 aliphatic carbocycles. The van der Waals surface area contributed by atoms with Crippen LogP contribution in [0.25, 0.3) is 10.9 Å². The molecule has 3 aromatic rings. The molecular weight excluding hydrogens is 286 g/mol. The van der Waals surface area contributed by atoms with E-state index in [4.69, 9.17) is 0 Å². The van der Waals surface area contributed by atoms with E-state index in [1.807, 2.05) is 72.4 Å². The number of aromatic nitrogens is 1. The van der Waals surface area contributed by atoms with Crippen LogP contribution < -0.4 is 10.6 Å². The molecule has 21 heavy (non-hydrogen) atoms. The lowest BCUT2D eigenvalue weighted by atomic mass is 10.2. The minimum atomic E-state index is -0.244. The summed E-state index contributed by atoms with van der Waals surface area (Å²) in [6, 6.07) is 17.0. The number of hydrogen-bond donors (Lipinski definition) is 2. The lowest BCUT2D eigenvalue weighted by molar-refractivity contribution is 0.262. The SMILES string of the molecule is Cl.Cn1ccc2cc(NC(=O)Nc3ccccc3)ccc21. The lowest BCUT2D eigenvalue weighted by Gasteiger charge is -2.08. The summed E-state index contributed by atoms with van der Waals surface area (Å²) in [5.41, 5.74) is 2.68. The van der Waals surface area contributed by atoms with E-state index in [-0.39, 0.29) is 18.4 Å². The van der Waals surface area contributed by atoms with Crippen molar-refractivity contribution in [3.05, 3.63) is 60.8 Å². The summed E-state index contributed by atoms with van der Waals surface area (Å²) < 4.78 is 2.04. The Morgan fingerprint density at radius 2 is 1.67 bits per heavy atom. The average Bonchev–Trinajstić information content (AvgIpc) is 2.81. The number of halogens is 1. The normalized spacial score (nSPS) is 9.95. The zero-order valence-corrected chi connectivity index (χ0v) is 12.4. The van der Waals surface area contributed by atoms with Gasteiger partial charge in [0.1, 0.15) is 0 Å². The second kappa shape index (κ2) is 6.33. The standard InChI is InChI=1S/C16H15N3O.ClH/c1-19-10-9-12-11-14(7-8-15(12)19)18-16(20)17-13-5-3-2-4-6-13;/h2-11H,1H3,(H2,17,18,20);1H. The van der Waals surface area contributed by atoms with E-state index < -0.39 is 0 Å². The van der Waals surface area contributed by atoms with E-state index in [1.54, 1.807) is 0 Å². The highest BCUT2D eigenvalue weighted by Crippen LogP contribution is 2.19. The molecule has 0 saturated carbocycles. The third kappa shape index (κ3) is 3.35. The van der Waals surface area contributed by atoms with Crippen molar-refractivity contribution in [2.45, 2.75) is 0 Å². The Kier molecular flexibility index (Phi) is 4.50. The predicted molar refractivity (Wildman–Crippen MR) is 89.3 cm³/mol. The van der Waals surface area contributed by atoms with E-state index >= 15 is 0 Å². The van der Waals surface area contributed by atoms with Crippen molar-refractivity contribution < 1.29 is 4.79 Å². The Bertz CT molecular complexity index is 753. The number of carbonyl (C=O) groups is 1. The van der Waals surface area contributed by atoms with Crippen LogP contribution in [-0.2, 0) is 7.05 Å². The van der Waals surface area contributed by atoms with Crippen LogP contribution in [0.4, 0.5) is 16.2 Å². The number of nitrogens with one attached hydrogen (secondary N) is 2. The molecule has 5 heteroatoms. The molecule has 0 fully saturated rings. The Labute approximate surface area is 129 Å². The monoisotopic (exact) mass is 301 g/mol. The summed E-state index contributed by atoms with van der Waals surface area (Å²) >= 11 is 0. The number of aryl methyl sites for hydroxylation is 1. The summed E-state index contributed by atoms with van der Waals surface area (Å²) in [5.74, 6) is 0. The molecule has 4 nitrogen and oxygen atoms in total. The minimum absolute atomic E-state index is 0. The zero-order valence-electron chi connectivity index (χ0n) is 11.5. The highest BCUT2D eigenvalue weighted by Gasteiger charge is 2.04. The van der Waals surface area contributed by atoms with Crippen LogP contribution in [-0.4, -0.2) is 10.6 Å². The van der Waals surface area contributed by atoms with Gasteiger partial charge >= 0.3 is 6.03 Å². The van der Waals surface area contributed by atoms with Crippen LogP contribution in [0.2, 0.25) is 0 Å². The van der Waals surface area contributed by atoms with Gasteiger partial charge in [-0.1, -0.05) is 18.2 Å². The molecule has 2 N–H and O–H groups in total. The quantitative estimate of drug-likeness (QED) is 0.730. The molecule has 0 aliphatic heterocycles. The Balaban J connectivity index is 0.00000161. The summed E-state index contributed by atoms with van der Waals surface area (Å²) in [6.45, 7) is 0. The maximum atomic E-state index is 11.9. The van der Waals surface area contributed by atoms with Gasteiger partial charge in [-0.3, -0.25) is 0 Å². The maximum absolute atomic E-state index is 11.9. The van der Waals surface area contributed by atoms with Crippen LogP contribution in [0.1, 0.15) is 0 Å². The molecule has 0 aliphatic rings. The molecule has 0 atom stereocenters. The van der Waals surface area contributed by atoms with Crippen LogP contribution in [0, 0.1) is 0 Å². The van der Waals surface area contributed by atoms with E-state index in [0.29, 0.717) is 0 Å². The topological polar surface area (TPSA) is 46.1 Å². The van der Waals surface area contributed by atoms with Gasteiger partial charge in [-0.05, 0) is 36.4 Å². The second-order valence-electron chi connectivity index (χ2n) is 4.65. The molecule has 108 valence electrons. The van der Waals surface area contributed by atoms with Crippen LogP contribution in [0.3, 0.4) is 0 Å². The zero-order chi connectivity index (χ0) is 13.9. The number of urea groups is 1. The summed E-state index contributed by atoms with van der Waals surface area (Å²) in [4.78, 5) is 11.9. The molecule has 2 amide bonds. The van der Waals surface area contributed by atoms with Gasteiger partial charge in [-0.15, -0.1) is 12.4 Å². The number of hydrogen-bond acceptors (Lipinski definition) is 1. The molecule has 1 aromatic heterocycles. The first-order chi connectivity index (χ1) is 9.72. The lowest BCUT2D eigenvalue weighted by Crippen LogP contribution is -2.19. The number of nitrogens with zero attached hydrogens (tertiary/aromatic N) is 1. The van der Waals surface area contributed by atoms with Crippen molar-refractivity contribution in [2.24, 2.45) is 7.05 Å². The minimum Gasteiger partial charge on any atom is -0.351 e. The summed E-state index contributed by atoms with van der Waals surface area (Å²) in [5, 5.41) is 6.72. The molecule has 3 rings (SSSR count). The molecule has 0 radical (unpaired) electrons. The van der Waals surface area contributed by atoms with Gasteiger partial charge in [0.2, 0.25) is 0 Å². The van der Waals surface area contributed by atoms with E-state index in [0.717, 1.165) is 22.3 Å². The fraction of sp³-hybridized carbons (Fsp3) is 0.0625. The molecule has 2 aromatic carbocycles. The smallest absolute Gasteiger partial charge is 0.323 e. The van der Waals surface area contributed by atoms with Gasteiger partial charge in [-0.25, -0.2) is 4.79 Å². The molecule has 0 bridgehead atoms. The second-order valence-corrected chi connectivity index (χ2v) is 4.65. The van der Waals surface area contributed by atoms with Gasteiger partial charge in [-0.2, -0.15) is 0 Å². The molecular formula is C16H16ClN3O. The number of amides is 2. The largest absolute Gasteiger partial charge is 0.351 e. The van der Waals surface area contributed by atoms with Crippen molar-refractivity contribution in [1.82, 2.24) is 4.57 Å². The van der Waals surface area contributed by atoms with E-state index in [2.05, 4.69) is 10.6 Å². The Morgan fingerprint density at radius 1 is 0.952 bits per heavy atom. The van der Waals surface area contributed by atoms with E-state index in [9.17, 15) is 4.79 Å². The molecule has 0 unspecified atom stereocenters. The number of rotatable bonds is 2. The van der Waals surface area contributed by atoms with Gasteiger partial charge in [0.05, 0.1) is 0 Å². The fourth-order valence-electron chi connectivity index (χ4n) is 2.17. The Hall–Kier alpha value is -2.46. The third-order valence-corrected chi connectivity index (χ3v) is 3.17. The van der Waals surface area contributed by atoms with Gasteiger partial charge < -0.3 is 15.2 Å². The van der Waals surface area contributed by atoms with Gasteiger partial charge in [0.25, 0.3) is 0 Å². The number of fused-ring (bicyclic) bond motifs is 1. The average molecular weight is 302 g/mol. The van der Waals surface area contributed by atoms with Crippen LogP contribution in [0.5, 0.6) is 0 Å². The highest BCUT2D eigenvalue weighted by atomic mass is 35.5. The summed E-state index contributed by atoms with van der Waals surface area (Å²) in [6.07, 6.45) is 2.00. The molecule has 0 spiro atoms. The van der Waals surface area contributed by atoms with Gasteiger partial charge in [0.15, 0.2) is 0 Å². The van der Waals surface area contributed by atoms with Crippen molar-refractivity contribution in [2.75, 3.05) is 10.6 Å². The highest BCUT2D eigenvalue weighted by molar-refractivity contribution is 6.01. The van der Waals surface area contributed by atoms with Crippen LogP contribution in [0.15, 0.2) is 60.8 Å². The van der Waals surface area contributed by atoms with E-state index in [1.165, 1.54) is 0 Å². The van der Waals surface area contributed by atoms with Crippen molar-refractivity contribution in [3.63, 3.8) is 0 Å². The van der Waals surface area contributed by atoms with Crippen molar-refractivity contribution in [3.8, 4) is 0 Å².